The molecule has 0 amide bonds. The summed E-state index contributed by atoms with van der Waals surface area (Å²) >= 11 is 0. The van der Waals surface area contributed by atoms with Crippen molar-refractivity contribution in [2.24, 2.45) is 10.4 Å². The fraction of sp³-hybridized carbons (Fsp3) is 0.562. The van der Waals surface area contributed by atoms with E-state index in [1.807, 2.05) is 13.8 Å². The summed E-state index contributed by atoms with van der Waals surface area (Å²) in [5.74, 6) is 0.536. The van der Waals surface area contributed by atoms with E-state index in [1.165, 1.54) is 18.4 Å². The van der Waals surface area contributed by atoms with Gasteiger partial charge in [-0.3, -0.25) is 4.99 Å². The molecule has 0 bridgehead atoms. The minimum atomic E-state index is -2.96. The third-order valence-electron chi connectivity index (χ3n) is 3.48. The Morgan fingerprint density at radius 1 is 1.22 bits per heavy atom. The number of hydrogen-bond acceptors (Lipinski definition) is 3. The summed E-state index contributed by atoms with van der Waals surface area (Å²) in [6, 6.07) is 6.26. The average Bonchev–Trinajstić information content (AvgIpc) is 2.47. The molecule has 0 fully saturated rings. The number of benzene rings is 1. The summed E-state index contributed by atoms with van der Waals surface area (Å²) in [6.07, 6.45) is 1.83. The van der Waals surface area contributed by atoms with E-state index in [1.54, 1.807) is 19.2 Å². The van der Waals surface area contributed by atoms with Crippen molar-refractivity contribution in [2.45, 2.75) is 26.8 Å². The molecule has 0 unspecified atom stereocenters. The number of nitrogens with zero attached hydrogens (tertiary/aromatic N) is 1. The molecular weight excluding hydrogens is 317 g/mol. The van der Waals surface area contributed by atoms with Crippen molar-refractivity contribution in [1.82, 2.24) is 10.6 Å². The molecule has 0 aliphatic rings. The third kappa shape index (κ3) is 8.54. The molecule has 0 atom stereocenters. The van der Waals surface area contributed by atoms with Crippen LogP contribution >= 0.6 is 0 Å². The quantitative estimate of drug-likeness (QED) is 0.586. The normalized spacial score (nSPS) is 13.0. The van der Waals surface area contributed by atoms with Gasteiger partial charge in [0.25, 0.3) is 0 Å². The van der Waals surface area contributed by atoms with E-state index in [2.05, 4.69) is 15.6 Å². The van der Waals surface area contributed by atoms with Crippen LogP contribution in [0, 0.1) is 11.2 Å². The fourth-order valence-electron chi connectivity index (χ4n) is 1.88. The Morgan fingerprint density at radius 2 is 1.83 bits per heavy atom. The van der Waals surface area contributed by atoms with E-state index in [0.717, 1.165) is 5.56 Å². The Bertz CT molecular complexity index is 625. The summed E-state index contributed by atoms with van der Waals surface area (Å²) in [5, 5.41) is 6.35. The molecular formula is C16H26FN3O2S. The van der Waals surface area contributed by atoms with Gasteiger partial charge in [0.2, 0.25) is 0 Å². The predicted octanol–water partition coefficient (Wildman–Crippen LogP) is 1.95. The van der Waals surface area contributed by atoms with Gasteiger partial charge in [-0.05, 0) is 29.5 Å². The minimum Gasteiger partial charge on any atom is -0.356 e. The standard InChI is InChI=1S/C16H26FN3O2S/c1-16(2,9-10-23(4,21)22)12-20-15(18-3)19-11-13-5-7-14(17)8-6-13/h5-8H,9-12H2,1-4H3,(H2,18,19,20). The molecule has 1 aromatic rings. The maximum Gasteiger partial charge on any atom is 0.191 e. The summed E-state index contributed by atoms with van der Waals surface area (Å²) in [6.45, 7) is 5.16. The second-order valence-corrected chi connectivity index (χ2v) is 8.71. The maximum absolute atomic E-state index is 12.9. The van der Waals surface area contributed by atoms with Gasteiger partial charge in [-0.1, -0.05) is 26.0 Å². The molecule has 0 aliphatic carbocycles. The zero-order valence-corrected chi connectivity index (χ0v) is 15.0. The maximum atomic E-state index is 12.9. The first-order chi connectivity index (χ1) is 10.6. The highest BCUT2D eigenvalue weighted by Gasteiger charge is 2.20. The van der Waals surface area contributed by atoms with Crippen LogP contribution in [0.15, 0.2) is 29.3 Å². The van der Waals surface area contributed by atoms with Gasteiger partial charge in [-0.2, -0.15) is 0 Å². The largest absolute Gasteiger partial charge is 0.356 e. The molecule has 1 aromatic carbocycles. The summed E-state index contributed by atoms with van der Waals surface area (Å²) in [5.41, 5.74) is 0.780. The molecule has 2 N–H and O–H groups in total. The Hall–Kier alpha value is -1.63. The van der Waals surface area contributed by atoms with Gasteiger partial charge in [0.1, 0.15) is 15.7 Å². The lowest BCUT2D eigenvalue weighted by molar-refractivity contribution is 0.348. The van der Waals surface area contributed by atoms with Crippen LogP contribution in [0.5, 0.6) is 0 Å². The third-order valence-corrected chi connectivity index (χ3v) is 4.43. The van der Waals surface area contributed by atoms with Crippen LogP contribution in [-0.2, 0) is 16.4 Å². The zero-order valence-electron chi connectivity index (χ0n) is 14.2. The Labute approximate surface area is 138 Å². The molecule has 130 valence electrons. The van der Waals surface area contributed by atoms with Crippen molar-refractivity contribution in [3.8, 4) is 0 Å². The van der Waals surface area contributed by atoms with E-state index in [9.17, 15) is 12.8 Å². The minimum absolute atomic E-state index is 0.170. The van der Waals surface area contributed by atoms with Gasteiger partial charge in [0.15, 0.2) is 5.96 Å². The number of aliphatic imine (C=N–C) groups is 1. The SMILES string of the molecule is CN=C(NCc1ccc(F)cc1)NCC(C)(C)CCS(C)(=O)=O. The topological polar surface area (TPSA) is 70.6 Å². The van der Waals surface area contributed by atoms with Gasteiger partial charge in [-0.15, -0.1) is 0 Å². The van der Waals surface area contributed by atoms with Crippen molar-refractivity contribution in [3.05, 3.63) is 35.6 Å². The Morgan fingerprint density at radius 3 is 2.35 bits per heavy atom. The van der Waals surface area contributed by atoms with Crippen LogP contribution in [-0.4, -0.2) is 40.0 Å². The highest BCUT2D eigenvalue weighted by Crippen LogP contribution is 2.19. The first-order valence-corrected chi connectivity index (χ1v) is 9.54. The molecule has 7 heteroatoms. The Balaban J connectivity index is 2.45. The molecule has 0 heterocycles. The zero-order chi connectivity index (χ0) is 17.5. The van der Waals surface area contributed by atoms with Crippen LogP contribution < -0.4 is 10.6 Å². The van der Waals surface area contributed by atoms with Crippen molar-refractivity contribution in [2.75, 3.05) is 25.6 Å². The number of hydrogen-bond donors (Lipinski definition) is 2. The van der Waals surface area contributed by atoms with Crippen molar-refractivity contribution in [1.29, 1.82) is 0 Å². The summed E-state index contributed by atoms with van der Waals surface area (Å²) < 4.78 is 35.4. The van der Waals surface area contributed by atoms with Gasteiger partial charge in [0, 0.05) is 26.4 Å². The number of guanidine groups is 1. The van der Waals surface area contributed by atoms with Gasteiger partial charge in [0.05, 0.1) is 5.75 Å². The van der Waals surface area contributed by atoms with Crippen molar-refractivity contribution in [3.63, 3.8) is 0 Å². The van der Waals surface area contributed by atoms with Gasteiger partial charge >= 0.3 is 0 Å². The number of nitrogens with one attached hydrogen (secondary N) is 2. The summed E-state index contributed by atoms with van der Waals surface area (Å²) in [4.78, 5) is 4.13. The van der Waals surface area contributed by atoms with E-state index in [-0.39, 0.29) is 17.0 Å². The smallest absolute Gasteiger partial charge is 0.191 e. The van der Waals surface area contributed by atoms with E-state index >= 15 is 0 Å². The van der Waals surface area contributed by atoms with Crippen molar-refractivity contribution >= 4 is 15.8 Å². The molecule has 0 spiro atoms. The van der Waals surface area contributed by atoms with Gasteiger partial charge in [-0.25, -0.2) is 12.8 Å². The monoisotopic (exact) mass is 343 g/mol. The molecule has 23 heavy (non-hydrogen) atoms. The fourth-order valence-corrected chi connectivity index (χ4v) is 2.81. The second kappa shape index (κ2) is 8.29. The second-order valence-electron chi connectivity index (χ2n) is 6.45. The highest BCUT2D eigenvalue weighted by atomic mass is 32.2. The summed E-state index contributed by atoms with van der Waals surface area (Å²) in [7, 11) is -1.29. The molecule has 1 rings (SSSR count). The number of halogens is 1. The molecule has 0 radical (unpaired) electrons. The molecule has 0 saturated carbocycles. The number of rotatable bonds is 7. The lowest BCUT2D eigenvalue weighted by Crippen LogP contribution is -2.42. The first-order valence-electron chi connectivity index (χ1n) is 7.48. The average molecular weight is 343 g/mol. The first kappa shape index (κ1) is 19.4. The van der Waals surface area contributed by atoms with E-state index in [0.29, 0.717) is 25.5 Å². The van der Waals surface area contributed by atoms with Gasteiger partial charge < -0.3 is 10.6 Å². The molecule has 0 saturated heterocycles. The highest BCUT2D eigenvalue weighted by molar-refractivity contribution is 7.90. The van der Waals surface area contributed by atoms with Crippen LogP contribution in [0.2, 0.25) is 0 Å². The van der Waals surface area contributed by atoms with E-state index in [4.69, 9.17) is 0 Å². The lowest BCUT2D eigenvalue weighted by atomic mass is 9.90. The van der Waals surface area contributed by atoms with Crippen LogP contribution in [0.25, 0.3) is 0 Å². The van der Waals surface area contributed by atoms with Crippen molar-refractivity contribution < 1.29 is 12.8 Å². The molecule has 0 aliphatic heterocycles. The lowest BCUT2D eigenvalue weighted by Gasteiger charge is -2.25. The van der Waals surface area contributed by atoms with Crippen LogP contribution in [0.3, 0.4) is 0 Å². The molecule has 5 nitrogen and oxygen atoms in total. The van der Waals surface area contributed by atoms with E-state index < -0.39 is 9.84 Å². The predicted molar refractivity (Wildman–Crippen MR) is 92.7 cm³/mol. The Kier molecular flexibility index (Phi) is 7.00. The molecule has 0 aromatic heterocycles. The number of sulfone groups is 1. The van der Waals surface area contributed by atoms with Crippen LogP contribution in [0.1, 0.15) is 25.8 Å². The van der Waals surface area contributed by atoms with Crippen LogP contribution in [0.4, 0.5) is 4.39 Å².